The molecular formula is C16H19ClFN3. The lowest BCUT2D eigenvalue weighted by Gasteiger charge is -2.13. The molecule has 1 aromatic heterocycles. The molecule has 0 unspecified atom stereocenters. The first-order valence-electron chi connectivity index (χ1n) is 7.13. The van der Waals surface area contributed by atoms with Gasteiger partial charge in [-0.2, -0.15) is 0 Å². The second-order valence-corrected chi connectivity index (χ2v) is 5.28. The van der Waals surface area contributed by atoms with Crippen LogP contribution in [0.5, 0.6) is 0 Å². The van der Waals surface area contributed by atoms with Crippen molar-refractivity contribution in [1.29, 1.82) is 0 Å². The fourth-order valence-corrected chi connectivity index (χ4v) is 2.29. The lowest BCUT2D eigenvalue weighted by Crippen LogP contribution is -2.09. The van der Waals surface area contributed by atoms with Crippen molar-refractivity contribution >= 4 is 17.4 Å². The van der Waals surface area contributed by atoms with E-state index in [1.807, 2.05) is 6.92 Å². The molecule has 1 N–H and O–H groups in total. The topological polar surface area (TPSA) is 37.8 Å². The van der Waals surface area contributed by atoms with E-state index in [0.717, 1.165) is 36.5 Å². The van der Waals surface area contributed by atoms with E-state index in [-0.39, 0.29) is 5.02 Å². The van der Waals surface area contributed by atoms with Crippen molar-refractivity contribution < 1.29 is 4.39 Å². The summed E-state index contributed by atoms with van der Waals surface area (Å²) in [7, 11) is 0. The zero-order chi connectivity index (χ0) is 15.4. The third kappa shape index (κ3) is 3.50. The van der Waals surface area contributed by atoms with E-state index in [2.05, 4.69) is 29.1 Å². The zero-order valence-corrected chi connectivity index (χ0v) is 13.3. The van der Waals surface area contributed by atoms with Gasteiger partial charge in [0.05, 0.1) is 5.02 Å². The Bertz CT molecular complexity index is 644. The van der Waals surface area contributed by atoms with Crippen molar-refractivity contribution in [2.75, 3.05) is 11.9 Å². The van der Waals surface area contributed by atoms with Crippen molar-refractivity contribution in [1.82, 2.24) is 9.97 Å². The van der Waals surface area contributed by atoms with Gasteiger partial charge in [0.1, 0.15) is 11.6 Å². The number of benzene rings is 1. The van der Waals surface area contributed by atoms with Crippen molar-refractivity contribution in [2.45, 2.75) is 33.6 Å². The molecule has 2 aromatic rings. The van der Waals surface area contributed by atoms with E-state index in [9.17, 15) is 4.39 Å². The predicted molar refractivity (Wildman–Crippen MR) is 85.3 cm³/mol. The molecule has 1 heterocycles. The van der Waals surface area contributed by atoms with Crippen LogP contribution in [0.3, 0.4) is 0 Å². The molecule has 1 aromatic carbocycles. The van der Waals surface area contributed by atoms with E-state index in [1.165, 1.54) is 12.1 Å². The van der Waals surface area contributed by atoms with E-state index in [1.54, 1.807) is 6.07 Å². The molecule has 0 saturated carbocycles. The maximum absolute atomic E-state index is 13.6. The lowest BCUT2D eigenvalue weighted by atomic mass is 10.1. The fourth-order valence-electron chi connectivity index (χ4n) is 2.17. The molecular weight excluding hydrogens is 289 g/mol. The molecule has 0 radical (unpaired) electrons. The van der Waals surface area contributed by atoms with Gasteiger partial charge in [0.2, 0.25) is 0 Å². The van der Waals surface area contributed by atoms with Crippen molar-refractivity contribution in [3.63, 3.8) is 0 Å². The average molecular weight is 308 g/mol. The maximum atomic E-state index is 13.6. The van der Waals surface area contributed by atoms with Crippen LogP contribution in [0.15, 0.2) is 18.2 Å². The molecule has 0 amide bonds. The Kier molecular flexibility index (Phi) is 5.12. The van der Waals surface area contributed by atoms with Crippen LogP contribution in [-0.4, -0.2) is 16.5 Å². The molecule has 3 nitrogen and oxygen atoms in total. The number of anilines is 1. The fraction of sp³-hybridized carbons (Fsp3) is 0.375. The van der Waals surface area contributed by atoms with E-state index < -0.39 is 5.82 Å². The normalized spacial score (nSPS) is 10.7. The van der Waals surface area contributed by atoms with Crippen molar-refractivity contribution in [3.8, 4) is 11.4 Å². The number of hydrogen-bond acceptors (Lipinski definition) is 3. The molecule has 0 bridgehead atoms. The summed E-state index contributed by atoms with van der Waals surface area (Å²) in [5, 5.41) is 3.42. The van der Waals surface area contributed by atoms with Gasteiger partial charge < -0.3 is 5.32 Å². The largest absolute Gasteiger partial charge is 0.370 e. The SMILES string of the molecule is CCCNc1nc(-c2ccc(Cl)c(F)c2)nc(C)c1CC. The number of hydrogen-bond donors (Lipinski definition) is 1. The molecule has 21 heavy (non-hydrogen) atoms. The highest BCUT2D eigenvalue weighted by Gasteiger charge is 2.12. The first-order chi connectivity index (χ1) is 10.1. The second kappa shape index (κ2) is 6.85. The monoisotopic (exact) mass is 307 g/mol. The minimum absolute atomic E-state index is 0.102. The van der Waals surface area contributed by atoms with E-state index in [4.69, 9.17) is 11.6 Å². The molecule has 5 heteroatoms. The first-order valence-corrected chi connectivity index (χ1v) is 7.51. The average Bonchev–Trinajstić information content (AvgIpc) is 2.47. The van der Waals surface area contributed by atoms with Crippen LogP contribution in [-0.2, 0) is 6.42 Å². The molecule has 0 fully saturated rings. The van der Waals surface area contributed by atoms with Crippen LogP contribution >= 0.6 is 11.6 Å². The van der Waals surface area contributed by atoms with Crippen LogP contribution < -0.4 is 5.32 Å². The number of rotatable bonds is 5. The van der Waals surface area contributed by atoms with Crippen LogP contribution in [0.1, 0.15) is 31.5 Å². The van der Waals surface area contributed by atoms with Crippen LogP contribution in [0.25, 0.3) is 11.4 Å². The highest BCUT2D eigenvalue weighted by Crippen LogP contribution is 2.25. The lowest BCUT2D eigenvalue weighted by molar-refractivity contribution is 0.628. The maximum Gasteiger partial charge on any atom is 0.161 e. The highest BCUT2D eigenvalue weighted by molar-refractivity contribution is 6.30. The number of aromatic nitrogens is 2. The summed E-state index contributed by atoms with van der Waals surface area (Å²) in [4.78, 5) is 9.04. The Balaban J connectivity index is 2.48. The summed E-state index contributed by atoms with van der Waals surface area (Å²) < 4.78 is 13.6. The number of halogens is 2. The van der Waals surface area contributed by atoms with Crippen molar-refractivity contribution in [2.24, 2.45) is 0 Å². The van der Waals surface area contributed by atoms with Gasteiger partial charge >= 0.3 is 0 Å². The Labute approximate surface area is 129 Å². The quantitative estimate of drug-likeness (QED) is 0.875. The molecule has 0 spiro atoms. The van der Waals surface area contributed by atoms with Gasteiger partial charge in [0.25, 0.3) is 0 Å². The van der Waals surface area contributed by atoms with Gasteiger partial charge in [-0.25, -0.2) is 14.4 Å². The Hall–Kier alpha value is -1.68. The Morgan fingerprint density at radius 3 is 2.62 bits per heavy atom. The smallest absolute Gasteiger partial charge is 0.161 e. The third-order valence-electron chi connectivity index (χ3n) is 3.29. The van der Waals surface area contributed by atoms with Crippen LogP contribution in [0.2, 0.25) is 5.02 Å². The molecule has 0 saturated heterocycles. The summed E-state index contributed by atoms with van der Waals surface area (Å²) in [6.45, 7) is 6.97. The van der Waals surface area contributed by atoms with Gasteiger partial charge in [-0.05, 0) is 38.0 Å². The molecule has 112 valence electrons. The molecule has 0 aliphatic rings. The summed E-state index contributed by atoms with van der Waals surface area (Å²) >= 11 is 5.72. The molecule has 0 atom stereocenters. The summed E-state index contributed by atoms with van der Waals surface area (Å²) in [5.74, 6) is 0.883. The second-order valence-electron chi connectivity index (χ2n) is 4.87. The Morgan fingerprint density at radius 2 is 2.00 bits per heavy atom. The van der Waals surface area contributed by atoms with Gasteiger partial charge in [-0.15, -0.1) is 0 Å². The summed E-state index contributed by atoms with van der Waals surface area (Å²) in [6, 6.07) is 4.62. The van der Waals surface area contributed by atoms with E-state index in [0.29, 0.717) is 11.4 Å². The summed E-state index contributed by atoms with van der Waals surface area (Å²) in [5.41, 5.74) is 2.64. The standard InChI is InChI=1S/C16H19ClFN3/c1-4-8-19-16-12(5-2)10(3)20-15(21-16)11-6-7-13(17)14(18)9-11/h6-7,9H,4-5,8H2,1-3H3,(H,19,20,21). The van der Waals surface area contributed by atoms with Gasteiger partial charge in [-0.1, -0.05) is 25.4 Å². The minimum Gasteiger partial charge on any atom is -0.370 e. The summed E-state index contributed by atoms with van der Waals surface area (Å²) in [6.07, 6.45) is 1.87. The Morgan fingerprint density at radius 1 is 1.24 bits per heavy atom. The van der Waals surface area contributed by atoms with Gasteiger partial charge in [0.15, 0.2) is 5.82 Å². The van der Waals surface area contributed by atoms with Gasteiger partial charge in [-0.3, -0.25) is 0 Å². The van der Waals surface area contributed by atoms with Crippen LogP contribution in [0.4, 0.5) is 10.2 Å². The first kappa shape index (κ1) is 15.7. The van der Waals surface area contributed by atoms with Gasteiger partial charge in [0, 0.05) is 23.4 Å². The van der Waals surface area contributed by atoms with Crippen molar-refractivity contribution in [3.05, 3.63) is 40.3 Å². The van der Waals surface area contributed by atoms with E-state index >= 15 is 0 Å². The third-order valence-corrected chi connectivity index (χ3v) is 3.59. The predicted octanol–water partition coefficient (Wildman–Crippen LogP) is 4.63. The number of nitrogens with zero attached hydrogens (tertiary/aromatic N) is 2. The number of aryl methyl sites for hydroxylation is 1. The molecule has 2 rings (SSSR count). The number of nitrogens with one attached hydrogen (secondary N) is 1. The highest BCUT2D eigenvalue weighted by atomic mass is 35.5. The van der Waals surface area contributed by atoms with Crippen LogP contribution in [0, 0.1) is 12.7 Å². The molecule has 0 aliphatic heterocycles. The molecule has 0 aliphatic carbocycles. The minimum atomic E-state index is -0.460. The zero-order valence-electron chi connectivity index (χ0n) is 12.5.